The van der Waals surface area contributed by atoms with Crippen LogP contribution in [0, 0.1) is 0 Å². The summed E-state index contributed by atoms with van der Waals surface area (Å²) in [4.78, 5) is 33.7. The van der Waals surface area contributed by atoms with Gasteiger partial charge < -0.3 is 20.9 Å². The van der Waals surface area contributed by atoms with Gasteiger partial charge in [-0.05, 0) is 51.1 Å². The fraction of sp³-hybridized carbons (Fsp3) is 0.370. The van der Waals surface area contributed by atoms with Crippen molar-refractivity contribution in [3.63, 3.8) is 0 Å². The number of anilines is 2. The zero-order valence-electron chi connectivity index (χ0n) is 21.1. The van der Waals surface area contributed by atoms with Crippen molar-refractivity contribution in [1.82, 2.24) is 24.8 Å². The molecule has 3 aromatic rings. The van der Waals surface area contributed by atoms with Crippen LogP contribution in [0.3, 0.4) is 0 Å². The van der Waals surface area contributed by atoms with Crippen LogP contribution in [0.2, 0.25) is 0 Å². The fourth-order valence-electron chi connectivity index (χ4n) is 5.06. The molecule has 2 saturated heterocycles. The lowest BCUT2D eigenvalue weighted by Crippen LogP contribution is -2.43. The van der Waals surface area contributed by atoms with Crippen molar-refractivity contribution in [2.24, 2.45) is 0 Å². The summed E-state index contributed by atoms with van der Waals surface area (Å²) in [5.41, 5.74) is 3.24. The number of para-hydroxylation sites is 2. The van der Waals surface area contributed by atoms with E-state index in [-0.39, 0.29) is 17.6 Å². The number of carbonyl (C=O) groups is 1. The van der Waals surface area contributed by atoms with Crippen LogP contribution in [-0.2, 0) is 4.79 Å². The number of imidazole rings is 1. The first-order chi connectivity index (χ1) is 18.1. The lowest BCUT2D eigenvalue weighted by molar-refractivity contribution is -0.112. The minimum absolute atomic E-state index is 0.0878. The van der Waals surface area contributed by atoms with Gasteiger partial charge in [0.05, 0.1) is 38.5 Å². The third-order valence-corrected chi connectivity index (χ3v) is 7.96. The Morgan fingerprint density at radius 2 is 1.81 bits per heavy atom. The SMILES string of the molecule is C=C(SC(=CC)n1c(=O)n(C2CCNCC2)c2ccccc21)C(=O)Nc1cnccc1N1CCNCC1. The third kappa shape index (κ3) is 5.22. The smallest absolute Gasteiger partial charge is 0.334 e. The predicted molar refractivity (Wildman–Crippen MR) is 152 cm³/mol. The van der Waals surface area contributed by atoms with Crippen molar-refractivity contribution in [1.29, 1.82) is 0 Å². The second kappa shape index (κ2) is 11.4. The zero-order valence-corrected chi connectivity index (χ0v) is 21.9. The van der Waals surface area contributed by atoms with Gasteiger partial charge in [-0.2, -0.15) is 0 Å². The van der Waals surface area contributed by atoms with Crippen LogP contribution >= 0.6 is 11.8 Å². The van der Waals surface area contributed by atoms with Crippen molar-refractivity contribution in [3.05, 3.63) is 70.8 Å². The summed E-state index contributed by atoms with van der Waals surface area (Å²) in [5, 5.41) is 10.4. The number of allylic oxidation sites excluding steroid dienone is 1. The number of nitrogens with zero attached hydrogens (tertiary/aromatic N) is 4. The number of nitrogens with one attached hydrogen (secondary N) is 3. The molecule has 10 heteroatoms. The first-order valence-corrected chi connectivity index (χ1v) is 13.6. The number of hydrogen-bond acceptors (Lipinski definition) is 7. The molecule has 9 nitrogen and oxygen atoms in total. The fourth-order valence-corrected chi connectivity index (χ4v) is 5.85. The van der Waals surface area contributed by atoms with Crippen LogP contribution in [0.25, 0.3) is 16.1 Å². The summed E-state index contributed by atoms with van der Waals surface area (Å²) in [6, 6.07) is 9.91. The van der Waals surface area contributed by atoms with E-state index >= 15 is 0 Å². The first kappa shape index (κ1) is 25.3. The molecule has 0 radical (unpaired) electrons. The molecule has 0 bridgehead atoms. The molecule has 37 heavy (non-hydrogen) atoms. The lowest BCUT2D eigenvalue weighted by Gasteiger charge is -2.30. The molecule has 2 aromatic heterocycles. The van der Waals surface area contributed by atoms with Crippen LogP contribution < -0.4 is 26.5 Å². The van der Waals surface area contributed by atoms with E-state index in [0.29, 0.717) is 15.6 Å². The predicted octanol–water partition coefficient (Wildman–Crippen LogP) is 3.24. The van der Waals surface area contributed by atoms with Crippen LogP contribution in [0.1, 0.15) is 25.8 Å². The summed E-state index contributed by atoms with van der Waals surface area (Å²) < 4.78 is 3.62. The molecule has 1 amide bonds. The van der Waals surface area contributed by atoms with Crippen LogP contribution in [0.5, 0.6) is 0 Å². The molecule has 0 aliphatic carbocycles. The summed E-state index contributed by atoms with van der Waals surface area (Å²) in [7, 11) is 0. The largest absolute Gasteiger partial charge is 0.367 e. The molecule has 0 unspecified atom stereocenters. The number of carbonyl (C=O) groups excluding carboxylic acids is 1. The number of aromatic nitrogens is 3. The Hall–Kier alpha value is -3.34. The molecule has 194 valence electrons. The topological polar surface area (TPSA) is 96.2 Å². The van der Waals surface area contributed by atoms with Gasteiger partial charge in [0.1, 0.15) is 0 Å². The number of rotatable bonds is 7. The average Bonchev–Trinajstić information content (AvgIpc) is 3.24. The minimum atomic E-state index is -0.316. The van der Waals surface area contributed by atoms with Gasteiger partial charge in [0, 0.05) is 38.4 Å². The van der Waals surface area contributed by atoms with E-state index in [9.17, 15) is 9.59 Å². The molecule has 0 saturated carbocycles. The molecule has 0 spiro atoms. The Labute approximate surface area is 220 Å². The molecule has 3 N–H and O–H groups in total. The average molecular weight is 520 g/mol. The van der Waals surface area contributed by atoms with Gasteiger partial charge in [0.15, 0.2) is 0 Å². The Kier molecular flexibility index (Phi) is 7.78. The standard InChI is InChI=1S/C27H33N7O2S/c1-3-25(34-24-7-5-4-6-23(24)33(27(34)36)20-8-11-28-12-9-20)37-19(2)26(35)31-21-18-30-13-10-22(21)32-16-14-29-15-17-32/h3-7,10,13,18,20,28-29H,2,8-9,11-12,14-17H2,1H3,(H,31,35). The van der Waals surface area contributed by atoms with E-state index < -0.39 is 0 Å². The van der Waals surface area contributed by atoms with E-state index in [1.807, 2.05) is 47.9 Å². The van der Waals surface area contributed by atoms with Crippen molar-refractivity contribution in [2.45, 2.75) is 25.8 Å². The first-order valence-electron chi connectivity index (χ1n) is 12.8. The number of benzene rings is 1. The van der Waals surface area contributed by atoms with Gasteiger partial charge in [-0.3, -0.25) is 18.9 Å². The van der Waals surface area contributed by atoms with Gasteiger partial charge in [0.25, 0.3) is 5.91 Å². The Morgan fingerprint density at radius 1 is 1.11 bits per heavy atom. The highest BCUT2D eigenvalue weighted by Gasteiger charge is 2.25. The summed E-state index contributed by atoms with van der Waals surface area (Å²) in [5.74, 6) is -0.316. The minimum Gasteiger partial charge on any atom is -0.367 e. The van der Waals surface area contributed by atoms with Crippen LogP contribution in [0.4, 0.5) is 11.4 Å². The molecule has 2 fully saturated rings. The molecular formula is C27H33N7O2S. The summed E-state index contributed by atoms with van der Waals surface area (Å²) in [6.45, 7) is 11.2. The number of piperazine rings is 1. The van der Waals surface area contributed by atoms with Gasteiger partial charge >= 0.3 is 5.69 Å². The number of hydrogen-bond donors (Lipinski definition) is 3. The van der Waals surface area contributed by atoms with Gasteiger partial charge in [-0.25, -0.2) is 4.79 Å². The monoisotopic (exact) mass is 519 g/mol. The van der Waals surface area contributed by atoms with Crippen molar-refractivity contribution in [3.8, 4) is 0 Å². The molecule has 2 aliphatic rings. The van der Waals surface area contributed by atoms with E-state index in [2.05, 4.69) is 32.4 Å². The second-order valence-electron chi connectivity index (χ2n) is 9.19. The Bertz CT molecular complexity index is 1380. The van der Waals surface area contributed by atoms with E-state index in [0.717, 1.165) is 68.8 Å². The number of amides is 1. The van der Waals surface area contributed by atoms with Crippen LogP contribution in [-0.4, -0.2) is 59.3 Å². The number of pyridine rings is 1. The van der Waals surface area contributed by atoms with Gasteiger partial charge in [0.2, 0.25) is 0 Å². The van der Waals surface area contributed by atoms with E-state index in [4.69, 9.17) is 0 Å². The van der Waals surface area contributed by atoms with Crippen molar-refractivity contribution in [2.75, 3.05) is 49.5 Å². The molecular weight excluding hydrogens is 486 g/mol. The highest BCUT2D eigenvalue weighted by Crippen LogP contribution is 2.33. The number of fused-ring (bicyclic) bond motifs is 1. The lowest BCUT2D eigenvalue weighted by atomic mass is 10.1. The van der Waals surface area contributed by atoms with Gasteiger partial charge in [-0.15, -0.1) is 0 Å². The maximum Gasteiger partial charge on any atom is 0.334 e. The number of thioether (sulfide) groups is 1. The Balaban J connectivity index is 1.39. The molecule has 4 heterocycles. The quantitative estimate of drug-likeness (QED) is 0.413. The number of piperidine rings is 1. The molecule has 2 aliphatic heterocycles. The normalized spacial score (nSPS) is 17.2. The molecule has 5 rings (SSSR count). The maximum atomic E-state index is 13.8. The van der Waals surface area contributed by atoms with Crippen LogP contribution in [0.15, 0.2) is 65.1 Å². The van der Waals surface area contributed by atoms with Crippen molar-refractivity contribution >= 4 is 45.1 Å². The highest BCUT2D eigenvalue weighted by atomic mass is 32.2. The Morgan fingerprint density at radius 3 is 2.54 bits per heavy atom. The van der Waals surface area contributed by atoms with Crippen molar-refractivity contribution < 1.29 is 4.79 Å². The summed E-state index contributed by atoms with van der Waals surface area (Å²) >= 11 is 1.20. The summed E-state index contributed by atoms with van der Waals surface area (Å²) in [6.07, 6.45) is 7.07. The molecule has 0 atom stereocenters. The molecule has 1 aromatic carbocycles. The van der Waals surface area contributed by atoms with Gasteiger partial charge in [-0.1, -0.05) is 36.5 Å². The maximum absolute atomic E-state index is 13.8. The second-order valence-corrected chi connectivity index (χ2v) is 10.3. The zero-order chi connectivity index (χ0) is 25.8. The van der Waals surface area contributed by atoms with E-state index in [1.54, 1.807) is 17.0 Å². The van der Waals surface area contributed by atoms with E-state index in [1.165, 1.54) is 11.8 Å². The third-order valence-electron chi connectivity index (χ3n) is 6.91. The highest BCUT2D eigenvalue weighted by molar-refractivity contribution is 8.12.